The van der Waals surface area contributed by atoms with Gasteiger partial charge in [-0.1, -0.05) is 90.1 Å². The summed E-state index contributed by atoms with van der Waals surface area (Å²) >= 11 is 0. The maximum Gasteiger partial charge on any atom is 0.234 e. The van der Waals surface area contributed by atoms with E-state index in [0.717, 1.165) is 11.1 Å². The molecule has 0 aliphatic carbocycles. The quantitative estimate of drug-likeness (QED) is 0.397. The first kappa shape index (κ1) is 24.1. The highest BCUT2D eigenvalue weighted by atomic mass is 31.2. The molecule has 5 heteroatoms. The summed E-state index contributed by atoms with van der Waals surface area (Å²) in [6, 6.07) is 17.4. The van der Waals surface area contributed by atoms with Gasteiger partial charge in [0.05, 0.1) is 6.16 Å². The Hall–Kier alpha value is -2.55. The third-order valence-corrected chi connectivity index (χ3v) is 7.59. The van der Waals surface area contributed by atoms with Crippen LogP contribution in [0.15, 0.2) is 60.7 Å². The van der Waals surface area contributed by atoms with Crippen molar-refractivity contribution in [1.29, 1.82) is 0 Å². The molecule has 3 N–H and O–H groups in total. The lowest BCUT2D eigenvalue weighted by atomic mass is 9.78. The monoisotopic (exact) mass is 452 g/mol. The summed E-state index contributed by atoms with van der Waals surface area (Å²) in [5.74, 6) is 0.311. The zero-order valence-electron chi connectivity index (χ0n) is 19.7. The van der Waals surface area contributed by atoms with Gasteiger partial charge in [0.25, 0.3) is 0 Å². The molecule has 1 atom stereocenters. The lowest BCUT2D eigenvalue weighted by Gasteiger charge is -2.28. The Labute approximate surface area is 191 Å². The number of hydrogen-bond donors (Lipinski definition) is 3. The van der Waals surface area contributed by atoms with Gasteiger partial charge in [-0.15, -0.1) is 0 Å². The van der Waals surface area contributed by atoms with Crippen LogP contribution in [0, 0.1) is 0 Å². The molecule has 0 aliphatic heterocycles. The van der Waals surface area contributed by atoms with E-state index in [4.69, 9.17) is 0 Å². The highest BCUT2D eigenvalue weighted by Gasteiger charge is 2.30. The van der Waals surface area contributed by atoms with E-state index in [2.05, 4.69) is 0 Å². The minimum Gasteiger partial charge on any atom is -0.507 e. The Morgan fingerprint density at radius 3 is 1.72 bits per heavy atom. The largest absolute Gasteiger partial charge is 0.507 e. The molecule has 3 aromatic rings. The van der Waals surface area contributed by atoms with E-state index < -0.39 is 7.37 Å². The van der Waals surface area contributed by atoms with Crippen LogP contribution in [0.1, 0.15) is 58.2 Å². The standard InChI is InChI=1S/C27H33O4P/c1-26(2,3)21-15-18(16-22(25(21)29)27(4,5)6)17-32(30,31)24-14-10-8-12-20(24)19-11-7-9-13-23(19)28/h7-16,28-29H,17H2,1-6H3,(H,30,31). The van der Waals surface area contributed by atoms with E-state index in [-0.39, 0.29) is 28.5 Å². The maximum absolute atomic E-state index is 13.7. The summed E-state index contributed by atoms with van der Waals surface area (Å²) < 4.78 is 13.7. The first-order valence-electron chi connectivity index (χ1n) is 10.8. The molecule has 0 bridgehead atoms. The molecule has 0 heterocycles. The number of aromatic hydroxyl groups is 2. The fourth-order valence-electron chi connectivity index (χ4n) is 3.97. The molecule has 0 aromatic heterocycles. The second-order valence-electron chi connectivity index (χ2n) is 10.4. The second-order valence-corrected chi connectivity index (χ2v) is 12.6. The Bertz CT molecular complexity index is 1150. The molecule has 0 spiro atoms. The number of phenols is 2. The summed E-state index contributed by atoms with van der Waals surface area (Å²) in [4.78, 5) is 11.2. The predicted molar refractivity (Wildman–Crippen MR) is 132 cm³/mol. The fraction of sp³-hybridized carbons (Fsp3) is 0.333. The van der Waals surface area contributed by atoms with Crippen LogP contribution >= 0.6 is 7.37 Å². The number of rotatable bonds is 4. The van der Waals surface area contributed by atoms with Crippen molar-refractivity contribution in [2.24, 2.45) is 0 Å². The summed E-state index contributed by atoms with van der Waals surface area (Å²) in [5, 5.41) is 21.6. The van der Waals surface area contributed by atoms with Crippen LogP contribution in [-0.4, -0.2) is 15.1 Å². The highest BCUT2D eigenvalue weighted by molar-refractivity contribution is 7.65. The number of hydrogen-bond acceptors (Lipinski definition) is 3. The molecular weight excluding hydrogens is 419 g/mol. The van der Waals surface area contributed by atoms with Crippen LogP contribution in [-0.2, 0) is 21.6 Å². The van der Waals surface area contributed by atoms with Crippen LogP contribution in [0.2, 0.25) is 0 Å². The van der Waals surface area contributed by atoms with Crippen molar-refractivity contribution in [3.63, 3.8) is 0 Å². The van der Waals surface area contributed by atoms with Gasteiger partial charge in [-0.3, -0.25) is 4.57 Å². The van der Waals surface area contributed by atoms with Gasteiger partial charge in [-0.05, 0) is 45.2 Å². The third kappa shape index (κ3) is 4.92. The number of para-hydroxylation sites is 1. The third-order valence-electron chi connectivity index (χ3n) is 5.66. The van der Waals surface area contributed by atoms with E-state index >= 15 is 0 Å². The van der Waals surface area contributed by atoms with E-state index in [9.17, 15) is 19.7 Å². The lowest BCUT2D eigenvalue weighted by molar-refractivity contribution is 0.422. The van der Waals surface area contributed by atoms with Gasteiger partial charge in [0, 0.05) is 10.9 Å². The summed E-state index contributed by atoms with van der Waals surface area (Å²) in [7, 11) is -3.84. The molecule has 0 amide bonds. The second kappa shape index (κ2) is 8.42. The van der Waals surface area contributed by atoms with E-state index in [1.807, 2.05) is 53.7 Å². The average Bonchev–Trinajstić information content (AvgIpc) is 2.67. The SMILES string of the molecule is CC(C)(C)c1cc(CP(=O)(O)c2ccccc2-c2ccccc2O)cc(C(C)(C)C)c1O. The molecule has 32 heavy (non-hydrogen) atoms. The Kier molecular flexibility index (Phi) is 6.34. The first-order valence-corrected chi connectivity index (χ1v) is 12.6. The van der Waals surface area contributed by atoms with Crippen molar-refractivity contribution in [3.05, 3.63) is 77.4 Å². The van der Waals surface area contributed by atoms with E-state index in [0.29, 0.717) is 22.0 Å². The molecule has 170 valence electrons. The van der Waals surface area contributed by atoms with Gasteiger partial charge >= 0.3 is 0 Å². The van der Waals surface area contributed by atoms with Gasteiger partial charge in [-0.2, -0.15) is 0 Å². The van der Waals surface area contributed by atoms with Gasteiger partial charge in [0.2, 0.25) is 7.37 Å². The van der Waals surface area contributed by atoms with Gasteiger partial charge in [-0.25, -0.2) is 0 Å². The molecule has 3 rings (SSSR count). The normalized spacial score (nSPS) is 14.2. The van der Waals surface area contributed by atoms with Crippen molar-refractivity contribution in [1.82, 2.24) is 0 Å². The van der Waals surface area contributed by atoms with Gasteiger partial charge < -0.3 is 15.1 Å². The highest BCUT2D eigenvalue weighted by Crippen LogP contribution is 2.49. The fourth-order valence-corrected chi connectivity index (χ4v) is 5.71. The molecule has 1 unspecified atom stereocenters. The summed E-state index contributed by atoms with van der Waals surface area (Å²) in [5.41, 5.74) is 2.63. The minimum atomic E-state index is -3.84. The molecule has 3 aromatic carbocycles. The van der Waals surface area contributed by atoms with Crippen LogP contribution < -0.4 is 5.30 Å². The van der Waals surface area contributed by atoms with Crippen LogP contribution in [0.3, 0.4) is 0 Å². The Balaban J connectivity index is 2.14. The van der Waals surface area contributed by atoms with Crippen molar-refractivity contribution in [2.75, 3.05) is 0 Å². The topological polar surface area (TPSA) is 77.8 Å². The maximum atomic E-state index is 13.7. The van der Waals surface area contributed by atoms with E-state index in [1.54, 1.807) is 48.5 Å². The molecule has 0 saturated heterocycles. The van der Waals surface area contributed by atoms with Crippen molar-refractivity contribution in [3.8, 4) is 22.6 Å². The lowest BCUT2D eigenvalue weighted by Crippen LogP contribution is -2.18. The van der Waals surface area contributed by atoms with Crippen LogP contribution in [0.4, 0.5) is 0 Å². The summed E-state index contributed by atoms with van der Waals surface area (Å²) in [6.07, 6.45) is -0.0654. The molecule has 0 saturated carbocycles. The smallest absolute Gasteiger partial charge is 0.234 e. The van der Waals surface area contributed by atoms with Crippen LogP contribution in [0.25, 0.3) is 11.1 Å². The zero-order valence-corrected chi connectivity index (χ0v) is 20.6. The van der Waals surface area contributed by atoms with Crippen LogP contribution in [0.5, 0.6) is 11.5 Å². The predicted octanol–water partition coefficient (Wildman–Crippen LogP) is 6.46. The Morgan fingerprint density at radius 1 is 0.750 bits per heavy atom. The number of phenolic OH excluding ortho intramolecular Hbond substituents is 2. The molecule has 0 aliphatic rings. The first-order chi connectivity index (χ1) is 14.7. The van der Waals surface area contributed by atoms with Crippen molar-refractivity contribution >= 4 is 12.7 Å². The zero-order chi connectivity index (χ0) is 23.9. The number of benzene rings is 3. The van der Waals surface area contributed by atoms with Gasteiger partial charge in [0.15, 0.2) is 0 Å². The summed E-state index contributed by atoms with van der Waals surface area (Å²) in [6.45, 7) is 12.1. The molecule has 4 nitrogen and oxygen atoms in total. The average molecular weight is 453 g/mol. The minimum absolute atomic E-state index is 0.0645. The van der Waals surface area contributed by atoms with Crippen molar-refractivity contribution < 1.29 is 19.7 Å². The molecular formula is C27H33O4P. The van der Waals surface area contributed by atoms with Crippen molar-refractivity contribution in [2.45, 2.75) is 58.5 Å². The Morgan fingerprint density at radius 2 is 1.22 bits per heavy atom. The van der Waals surface area contributed by atoms with Gasteiger partial charge in [0.1, 0.15) is 11.5 Å². The molecule has 0 fully saturated rings. The molecule has 0 radical (unpaired) electrons. The van der Waals surface area contributed by atoms with E-state index in [1.165, 1.54) is 0 Å².